The molecule has 3 heterocycles. The Morgan fingerprint density at radius 1 is 1.12 bits per heavy atom. The Morgan fingerprint density at radius 2 is 1.95 bits per heavy atom. The molecule has 1 aliphatic carbocycles. The van der Waals surface area contributed by atoms with Gasteiger partial charge in [0.25, 0.3) is 0 Å². The fraction of sp³-hybridized carbons (Fsp3) is 0.581. The van der Waals surface area contributed by atoms with E-state index < -0.39 is 17.4 Å². The molecule has 5 rings (SSSR count). The summed E-state index contributed by atoms with van der Waals surface area (Å²) in [6.07, 6.45) is 8.11. The largest absolute Gasteiger partial charge is 0.480 e. The lowest BCUT2D eigenvalue weighted by Gasteiger charge is -2.41. The third kappa shape index (κ3) is 7.38. The highest BCUT2D eigenvalue weighted by Crippen LogP contribution is 2.33. The van der Waals surface area contributed by atoms with Gasteiger partial charge in [0, 0.05) is 25.3 Å². The molecule has 0 radical (unpaired) electrons. The fourth-order valence-corrected chi connectivity index (χ4v) is 5.43. The maximum Gasteiger partial charge on any atom is 0.326 e. The summed E-state index contributed by atoms with van der Waals surface area (Å²) in [5.74, 6) is -0.266. The van der Waals surface area contributed by atoms with Gasteiger partial charge in [-0.3, -0.25) is 4.79 Å². The van der Waals surface area contributed by atoms with Gasteiger partial charge in [0.2, 0.25) is 5.91 Å². The number of ether oxygens (including phenoxy) is 2. The molecule has 1 atom stereocenters. The van der Waals surface area contributed by atoms with Crippen molar-refractivity contribution in [2.45, 2.75) is 68.9 Å². The van der Waals surface area contributed by atoms with E-state index in [4.69, 9.17) is 14.5 Å². The van der Waals surface area contributed by atoms with Gasteiger partial charge in [0.1, 0.15) is 17.3 Å². The number of benzene rings is 1. The minimum atomic E-state index is -1.02. The summed E-state index contributed by atoms with van der Waals surface area (Å²) in [4.78, 5) is 32.5. The van der Waals surface area contributed by atoms with Gasteiger partial charge in [0.05, 0.1) is 25.9 Å². The first kappa shape index (κ1) is 28.5. The first-order valence-corrected chi connectivity index (χ1v) is 14.8. The summed E-state index contributed by atoms with van der Waals surface area (Å²) in [6, 6.07) is 12.8. The lowest BCUT2D eigenvalue weighted by atomic mass is 9.77. The van der Waals surface area contributed by atoms with Gasteiger partial charge in [-0.1, -0.05) is 36.4 Å². The number of aliphatic carboxylic acids is 1. The van der Waals surface area contributed by atoms with Gasteiger partial charge in [-0.2, -0.15) is 0 Å². The number of hydrogen-bond donors (Lipinski definition) is 3. The molecule has 1 saturated carbocycles. The second-order valence-electron chi connectivity index (χ2n) is 11.3. The number of nitrogens with zero attached hydrogens (tertiary/aromatic N) is 2. The van der Waals surface area contributed by atoms with Crippen molar-refractivity contribution in [2.24, 2.45) is 0 Å². The zero-order valence-electron chi connectivity index (χ0n) is 23.3. The van der Waals surface area contributed by atoms with Gasteiger partial charge in [-0.25, -0.2) is 9.78 Å². The average Bonchev–Trinajstić information content (AvgIpc) is 3.77. The van der Waals surface area contributed by atoms with E-state index in [1.54, 1.807) is 0 Å². The van der Waals surface area contributed by atoms with Crippen LogP contribution in [0.2, 0.25) is 0 Å². The molecule has 216 valence electrons. The van der Waals surface area contributed by atoms with Gasteiger partial charge < -0.3 is 30.1 Å². The van der Waals surface area contributed by atoms with Crippen LogP contribution in [-0.2, 0) is 37.3 Å². The van der Waals surface area contributed by atoms with E-state index in [1.807, 2.05) is 30.3 Å². The van der Waals surface area contributed by atoms with E-state index >= 15 is 0 Å². The number of rotatable bonds is 16. The lowest BCUT2D eigenvalue weighted by Crippen LogP contribution is -2.60. The van der Waals surface area contributed by atoms with Crippen LogP contribution in [0, 0.1) is 0 Å². The summed E-state index contributed by atoms with van der Waals surface area (Å²) in [6.45, 7) is 4.31. The summed E-state index contributed by atoms with van der Waals surface area (Å²) in [5, 5.41) is 16.2. The molecule has 1 amide bonds. The third-order valence-electron chi connectivity index (χ3n) is 8.19. The van der Waals surface area contributed by atoms with Gasteiger partial charge >= 0.3 is 5.97 Å². The molecule has 0 bridgehead atoms. The van der Waals surface area contributed by atoms with Crippen LogP contribution in [0.1, 0.15) is 55.3 Å². The Labute approximate surface area is 236 Å². The quantitative estimate of drug-likeness (QED) is 0.273. The smallest absolute Gasteiger partial charge is 0.326 e. The number of pyridine rings is 1. The number of fused-ring (bicyclic) bond motifs is 1. The van der Waals surface area contributed by atoms with E-state index in [2.05, 4.69) is 27.7 Å². The number of carboxylic acid groups (broad SMARTS) is 1. The Kier molecular flexibility index (Phi) is 9.67. The first-order valence-electron chi connectivity index (χ1n) is 14.8. The van der Waals surface area contributed by atoms with E-state index in [0.717, 1.165) is 81.7 Å². The van der Waals surface area contributed by atoms with Crippen molar-refractivity contribution < 1.29 is 24.2 Å². The van der Waals surface area contributed by atoms with Crippen LogP contribution in [0.15, 0.2) is 42.5 Å². The molecule has 9 heteroatoms. The molecule has 1 aromatic heterocycles. The van der Waals surface area contributed by atoms with Gasteiger partial charge in [0.15, 0.2) is 0 Å². The maximum atomic E-state index is 13.3. The zero-order valence-corrected chi connectivity index (χ0v) is 23.3. The summed E-state index contributed by atoms with van der Waals surface area (Å²) in [5.41, 5.74) is 2.44. The fourth-order valence-electron chi connectivity index (χ4n) is 5.43. The van der Waals surface area contributed by atoms with E-state index in [-0.39, 0.29) is 19.1 Å². The second kappa shape index (κ2) is 13.6. The van der Waals surface area contributed by atoms with Crippen LogP contribution < -0.4 is 10.6 Å². The summed E-state index contributed by atoms with van der Waals surface area (Å²) < 4.78 is 11.3. The predicted octanol–water partition coefficient (Wildman–Crippen LogP) is 3.17. The second-order valence-corrected chi connectivity index (χ2v) is 11.3. The van der Waals surface area contributed by atoms with Crippen LogP contribution in [0.5, 0.6) is 0 Å². The lowest BCUT2D eigenvalue weighted by molar-refractivity contribution is -0.151. The zero-order chi connectivity index (χ0) is 27.8. The molecule has 1 saturated heterocycles. The van der Waals surface area contributed by atoms with Gasteiger partial charge in [-0.15, -0.1) is 0 Å². The number of amides is 1. The molecule has 40 heavy (non-hydrogen) atoms. The Bertz CT molecular complexity index is 1140. The van der Waals surface area contributed by atoms with E-state index in [0.29, 0.717) is 25.7 Å². The van der Waals surface area contributed by atoms with Crippen LogP contribution in [0.3, 0.4) is 0 Å². The molecule has 3 N–H and O–H groups in total. The molecule has 9 nitrogen and oxygen atoms in total. The van der Waals surface area contributed by atoms with Crippen molar-refractivity contribution in [3.8, 4) is 0 Å². The number of carbonyl (C=O) groups excluding carboxylic acids is 1. The van der Waals surface area contributed by atoms with Crippen LogP contribution in [0.25, 0.3) is 0 Å². The Morgan fingerprint density at radius 3 is 2.67 bits per heavy atom. The van der Waals surface area contributed by atoms with Crippen LogP contribution in [0.4, 0.5) is 5.82 Å². The van der Waals surface area contributed by atoms with E-state index in [1.165, 1.54) is 5.56 Å². The first-order chi connectivity index (χ1) is 19.5. The molecule has 3 aliphatic rings. The molecule has 2 fully saturated rings. The van der Waals surface area contributed by atoms with Crippen molar-refractivity contribution >= 4 is 17.7 Å². The van der Waals surface area contributed by atoms with Crippen molar-refractivity contribution in [1.82, 2.24) is 15.2 Å². The van der Waals surface area contributed by atoms with Gasteiger partial charge in [-0.05, 0) is 75.1 Å². The summed E-state index contributed by atoms with van der Waals surface area (Å²) >= 11 is 0. The van der Waals surface area contributed by atoms with Crippen LogP contribution >= 0.6 is 0 Å². The number of aromatic nitrogens is 1. The maximum absolute atomic E-state index is 13.3. The third-order valence-corrected chi connectivity index (χ3v) is 8.19. The van der Waals surface area contributed by atoms with Crippen molar-refractivity contribution in [3.05, 3.63) is 59.3 Å². The van der Waals surface area contributed by atoms with Crippen LogP contribution in [-0.4, -0.2) is 85.0 Å². The van der Waals surface area contributed by atoms with Crippen molar-refractivity contribution in [1.29, 1.82) is 0 Å². The highest BCUT2D eigenvalue weighted by molar-refractivity contribution is 5.92. The normalized spacial score (nSPS) is 18.3. The number of aryl methyl sites for hydroxylation is 2. The molecule has 1 unspecified atom stereocenters. The molecule has 2 aliphatic heterocycles. The molecular weight excluding hydrogens is 508 g/mol. The standard InChI is InChI=1S/C31H42N4O5/c36-29(37)27(34-30(38)31(21-39-22-31)24-8-2-1-3-9-24)15-18-35(19-20-40-26-13-14-26)17-5-4-10-25-12-11-23-7-6-16-32-28(23)33-25/h1-3,8-9,11-12,26-27H,4-7,10,13-22H2,(H,32,33)(H,34,38)(H,36,37). The minimum absolute atomic E-state index is 0.259. The minimum Gasteiger partial charge on any atom is -0.480 e. The number of anilines is 1. The summed E-state index contributed by atoms with van der Waals surface area (Å²) in [7, 11) is 0. The monoisotopic (exact) mass is 550 g/mol. The van der Waals surface area contributed by atoms with Crippen molar-refractivity contribution in [2.75, 3.05) is 51.3 Å². The topological polar surface area (TPSA) is 113 Å². The number of carboxylic acids is 1. The molecule has 2 aromatic rings. The molecule has 1 aromatic carbocycles. The highest BCUT2D eigenvalue weighted by atomic mass is 16.5. The number of carbonyl (C=O) groups is 2. The average molecular weight is 551 g/mol. The Balaban J connectivity index is 1.12. The highest BCUT2D eigenvalue weighted by Gasteiger charge is 2.48. The molecular formula is C31H42N4O5. The SMILES string of the molecule is O=C(O)C(CCN(CCCCc1ccc2c(n1)NCCC2)CCOC1CC1)NC(=O)C1(c2ccccc2)COC1. The number of nitrogens with one attached hydrogen (secondary N) is 2. The predicted molar refractivity (Wildman–Crippen MR) is 153 cm³/mol. The van der Waals surface area contributed by atoms with Crippen molar-refractivity contribution in [3.63, 3.8) is 0 Å². The number of hydrogen-bond acceptors (Lipinski definition) is 7. The Hall–Kier alpha value is -3.01. The number of unbranched alkanes of at least 4 members (excludes halogenated alkanes) is 1. The molecule has 0 spiro atoms. The van der Waals surface area contributed by atoms with E-state index in [9.17, 15) is 14.7 Å².